The summed E-state index contributed by atoms with van der Waals surface area (Å²) in [4.78, 5) is 11.9. The average Bonchev–Trinajstić information content (AvgIpc) is 3.18. The van der Waals surface area contributed by atoms with Gasteiger partial charge in [0.05, 0.1) is 12.7 Å². The predicted octanol–water partition coefficient (Wildman–Crippen LogP) is 2.96. The summed E-state index contributed by atoms with van der Waals surface area (Å²) < 4.78 is 43.1. The van der Waals surface area contributed by atoms with E-state index in [0.717, 1.165) is 0 Å². The summed E-state index contributed by atoms with van der Waals surface area (Å²) in [6, 6.07) is 5.66. The van der Waals surface area contributed by atoms with Crippen molar-refractivity contribution in [3.63, 3.8) is 0 Å². The van der Waals surface area contributed by atoms with E-state index in [-0.39, 0.29) is 12.1 Å². The summed E-state index contributed by atoms with van der Waals surface area (Å²) in [6.07, 6.45) is -3.21. The molecule has 0 aromatic heterocycles. The largest absolute Gasteiger partial charge is 0.465 e. The van der Waals surface area contributed by atoms with Crippen LogP contribution in [0.2, 0.25) is 0 Å². The molecule has 0 N–H and O–H groups in total. The summed E-state index contributed by atoms with van der Waals surface area (Å²) in [5.74, 6) is -0.549. The topological polar surface area (TPSA) is 29.5 Å². The molecule has 0 radical (unpaired) electrons. The Hall–Kier alpha value is -1.56. The van der Waals surface area contributed by atoms with E-state index in [1.54, 1.807) is 12.1 Å². The number of carbonyl (C=O) groups is 1. The van der Waals surface area contributed by atoms with Gasteiger partial charge in [-0.15, -0.1) is 0 Å². The minimum Gasteiger partial charge on any atom is -0.465 e. The molecule has 19 heavy (non-hydrogen) atoms. The quantitative estimate of drug-likeness (QED) is 0.624. The van der Waals surface area contributed by atoms with Crippen LogP contribution in [-0.2, 0) is 11.3 Å². The molecule has 1 aliphatic rings. The average molecular weight is 273 g/mol. The Morgan fingerprint density at radius 3 is 2.63 bits per heavy atom. The normalized spacial score (nSPS) is 15.6. The molecule has 0 heterocycles. The smallest absolute Gasteiger partial charge is 0.460 e. The van der Waals surface area contributed by atoms with E-state index in [2.05, 4.69) is 4.74 Å². The number of rotatable bonds is 4. The fourth-order valence-electron chi connectivity index (χ4n) is 1.92. The number of ether oxygens (including phenoxy) is 1. The van der Waals surface area contributed by atoms with Gasteiger partial charge >= 0.3 is 12.3 Å². The molecular formula is C13H14F3NO2. The highest BCUT2D eigenvalue weighted by Crippen LogP contribution is 2.36. The van der Waals surface area contributed by atoms with Crippen molar-refractivity contribution in [1.82, 2.24) is 4.90 Å². The number of nitrogens with zero attached hydrogens (tertiary/aromatic N) is 1. The highest BCUT2D eigenvalue weighted by molar-refractivity contribution is 5.89. The number of alkyl halides is 3. The molecule has 0 unspecified atom stereocenters. The Morgan fingerprint density at radius 2 is 2.11 bits per heavy atom. The van der Waals surface area contributed by atoms with Gasteiger partial charge in [-0.3, -0.25) is 0 Å². The standard InChI is InChI=1S/C13H14F3NO2/c1-19-12(18)10-4-2-3-9(7-10)8-17(11-5-6-11)13(14,15)16/h2-4,7,11H,5-6,8H2,1H3. The minimum absolute atomic E-state index is 0.237. The highest BCUT2D eigenvalue weighted by atomic mass is 19.4. The van der Waals surface area contributed by atoms with Gasteiger partial charge in [0.2, 0.25) is 0 Å². The summed E-state index contributed by atoms with van der Waals surface area (Å²) in [7, 11) is 1.24. The zero-order valence-electron chi connectivity index (χ0n) is 10.4. The summed E-state index contributed by atoms with van der Waals surface area (Å²) in [6.45, 7) is -0.237. The number of carbonyl (C=O) groups excluding carboxylic acids is 1. The molecule has 0 saturated heterocycles. The lowest BCUT2D eigenvalue weighted by molar-refractivity contribution is -0.253. The second kappa shape index (κ2) is 5.21. The van der Waals surface area contributed by atoms with Crippen LogP contribution in [-0.4, -0.2) is 30.3 Å². The molecule has 2 rings (SSSR count). The molecule has 0 bridgehead atoms. The van der Waals surface area contributed by atoms with Gasteiger partial charge in [0.1, 0.15) is 0 Å². The molecular weight excluding hydrogens is 259 g/mol. The molecule has 1 saturated carbocycles. The first-order valence-electron chi connectivity index (χ1n) is 5.92. The summed E-state index contributed by atoms with van der Waals surface area (Å²) in [5, 5.41) is 0. The summed E-state index contributed by atoms with van der Waals surface area (Å²) in [5.41, 5.74) is 0.713. The van der Waals surface area contributed by atoms with Crippen LogP contribution >= 0.6 is 0 Å². The second-order valence-corrected chi connectivity index (χ2v) is 4.52. The van der Waals surface area contributed by atoms with Crippen LogP contribution < -0.4 is 0 Å². The fraction of sp³-hybridized carbons (Fsp3) is 0.462. The van der Waals surface area contributed by atoms with Crippen LogP contribution in [0.3, 0.4) is 0 Å². The van der Waals surface area contributed by atoms with Crippen LogP contribution in [0.25, 0.3) is 0 Å². The molecule has 0 aliphatic heterocycles. The predicted molar refractivity (Wildman–Crippen MR) is 62.4 cm³/mol. The van der Waals surface area contributed by atoms with E-state index in [9.17, 15) is 18.0 Å². The van der Waals surface area contributed by atoms with Crippen molar-refractivity contribution in [2.75, 3.05) is 7.11 Å². The molecule has 6 heteroatoms. The molecule has 1 fully saturated rings. The Balaban J connectivity index is 2.15. The minimum atomic E-state index is -4.34. The number of hydrogen-bond donors (Lipinski definition) is 0. The maximum atomic E-state index is 12.9. The molecule has 1 aliphatic carbocycles. The van der Waals surface area contributed by atoms with E-state index >= 15 is 0 Å². The molecule has 0 spiro atoms. The van der Waals surface area contributed by atoms with E-state index in [1.165, 1.54) is 19.2 Å². The Labute approximate surface area is 109 Å². The number of halogens is 3. The third-order valence-electron chi connectivity index (χ3n) is 3.01. The molecule has 0 amide bonds. The van der Waals surface area contributed by atoms with Gasteiger partial charge in [0.15, 0.2) is 0 Å². The van der Waals surface area contributed by atoms with E-state index in [0.29, 0.717) is 23.3 Å². The maximum Gasteiger partial charge on any atom is 0.460 e. The molecule has 1 aromatic rings. The second-order valence-electron chi connectivity index (χ2n) is 4.52. The lowest BCUT2D eigenvalue weighted by Crippen LogP contribution is -2.39. The first-order valence-corrected chi connectivity index (χ1v) is 5.92. The Bertz CT molecular complexity index is 469. The van der Waals surface area contributed by atoms with E-state index in [4.69, 9.17) is 0 Å². The zero-order valence-corrected chi connectivity index (χ0v) is 10.4. The monoisotopic (exact) mass is 273 g/mol. The first-order chi connectivity index (χ1) is 8.91. The van der Waals surface area contributed by atoms with Gasteiger partial charge < -0.3 is 4.74 Å². The van der Waals surface area contributed by atoms with Gasteiger partial charge in [-0.1, -0.05) is 12.1 Å². The number of methoxy groups -OCH3 is 1. The molecule has 1 aromatic carbocycles. The molecule has 0 atom stereocenters. The van der Waals surface area contributed by atoms with Gasteiger partial charge in [-0.25, -0.2) is 9.69 Å². The fourth-order valence-corrected chi connectivity index (χ4v) is 1.92. The SMILES string of the molecule is COC(=O)c1cccc(CN(C2CC2)C(F)(F)F)c1. The van der Waals surface area contributed by atoms with Crippen molar-refractivity contribution in [3.8, 4) is 0 Å². The molecule has 3 nitrogen and oxygen atoms in total. The van der Waals surface area contributed by atoms with Crippen molar-refractivity contribution in [3.05, 3.63) is 35.4 Å². The Kier molecular flexibility index (Phi) is 3.80. The van der Waals surface area contributed by atoms with Crippen molar-refractivity contribution in [2.45, 2.75) is 31.7 Å². The number of benzene rings is 1. The van der Waals surface area contributed by atoms with Crippen molar-refractivity contribution in [2.24, 2.45) is 0 Å². The van der Waals surface area contributed by atoms with Crippen LogP contribution in [0, 0.1) is 0 Å². The van der Waals surface area contributed by atoms with Gasteiger partial charge in [0.25, 0.3) is 0 Å². The maximum absolute atomic E-state index is 12.9. The van der Waals surface area contributed by atoms with Crippen LogP contribution in [0.5, 0.6) is 0 Å². The zero-order chi connectivity index (χ0) is 14.0. The third-order valence-corrected chi connectivity index (χ3v) is 3.01. The van der Waals surface area contributed by atoms with Crippen molar-refractivity contribution < 1.29 is 22.7 Å². The van der Waals surface area contributed by atoms with Crippen LogP contribution in [0.4, 0.5) is 13.2 Å². The third kappa shape index (κ3) is 3.47. The number of hydrogen-bond acceptors (Lipinski definition) is 3. The lowest BCUT2D eigenvalue weighted by Gasteiger charge is -2.24. The Morgan fingerprint density at radius 1 is 1.42 bits per heavy atom. The number of esters is 1. The van der Waals surface area contributed by atoms with Gasteiger partial charge in [0, 0.05) is 12.6 Å². The van der Waals surface area contributed by atoms with E-state index < -0.39 is 18.3 Å². The van der Waals surface area contributed by atoms with Crippen molar-refractivity contribution >= 4 is 5.97 Å². The highest BCUT2D eigenvalue weighted by Gasteiger charge is 2.45. The van der Waals surface area contributed by atoms with Crippen LogP contribution in [0.15, 0.2) is 24.3 Å². The van der Waals surface area contributed by atoms with Gasteiger partial charge in [-0.2, -0.15) is 13.2 Å². The van der Waals surface area contributed by atoms with E-state index in [1.807, 2.05) is 0 Å². The van der Waals surface area contributed by atoms with Gasteiger partial charge in [-0.05, 0) is 30.5 Å². The molecule has 104 valence electrons. The summed E-state index contributed by atoms with van der Waals surface area (Å²) >= 11 is 0. The van der Waals surface area contributed by atoms with Crippen molar-refractivity contribution in [1.29, 1.82) is 0 Å². The lowest BCUT2D eigenvalue weighted by atomic mass is 10.1. The van der Waals surface area contributed by atoms with Crippen LogP contribution in [0.1, 0.15) is 28.8 Å². The first kappa shape index (κ1) is 13.9.